The normalized spacial score (nSPS) is 20.2. The zero-order valence-electron chi connectivity index (χ0n) is 14.8. The summed E-state index contributed by atoms with van der Waals surface area (Å²) in [5.74, 6) is 1.07. The molecular formula is C17H30N4OS. The first-order valence-corrected chi connectivity index (χ1v) is 10.0. The van der Waals surface area contributed by atoms with Crippen molar-refractivity contribution in [3.05, 3.63) is 17.0 Å². The molecule has 0 spiro atoms. The number of amides is 2. The molecule has 1 aliphatic heterocycles. The van der Waals surface area contributed by atoms with Gasteiger partial charge in [-0.3, -0.25) is 5.10 Å². The molecule has 2 heterocycles. The molecule has 1 aliphatic rings. The van der Waals surface area contributed by atoms with Gasteiger partial charge in [-0.15, -0.1) is 0 Å². The zero-order chi connectivity index (χ0) is 16.8. The first kappa shape index (κ1) is 18.2. The lowest BCUT2D eigenvalue weighted by atomic mass is 9.99. The van der Waals surface area contributed by atoms with Crippen LogP contribution in [0.15, 0.2) is 0 Å². The molecule has 1 aromatic rings. The van der Waals surface area contributed by atoms with Crippen molar-refractivity contribution in [3.8, 4) is 0 Å². The van der Waals surface area contributed by atoms with Crippen LogP contribution in [0.3, 0.4) is 0 Å². The second-order valence-electron chi connectivity index (χ2n) is 6.54. The summed E-state index contributed by atoms with van der Waals surface area (Å²) in [5.41, 5.74) is 3.31. The molecule has 2 amide bonds. The van der Waals surface area contributed by atoms with Crippen molar-refractivity contribution in [1.82, 2.24) is 20.4 Å². The van der Waals surface area contributed by atoms with E-state index in [4.69, 9.17) is 0 Å². The van der Waals surface area contributed by atoms with E-state index >= 15 is 0 Å². The Morgan fingerprint density at radius 3 is 2.87 bits per heavy atom. The van der Waals surface area contributed by atoms with Crippen molar-refractivity contribution < 1.29 is 4.79 Å². The third-order valence-corrected chi connectivity index (χ3v) is 5.30. The molecule has 1 saturated heterocycles. The maximum Gasteiger partial charge on any atom is 0.318 e. The standard InChI is InChI=1S/C17H30N4OS/c1-12(9-11-23-4)18-17(22)21-10-7-5-6-8-15(21)16-13(2)19-20-14(16)3/h12,15H,5-11H2,1-4H3,(H,18,22)(H,19,20)/t12-,15-/m1/s1. The van der Waals surface area contributed by atoms with Crippen molar-refractivity contribution in [2.45, 2.75) is 65.0 Å². The van der Waals surface area contributed by atoms with Gasteiger partial charge in [0.15, 0.2) is 0 Å². The fourth-order valence-electron chi connectivity index (χ4n) is 3.36. The smallest absolute Gasteiger partial charge is 0.318 e. The molecule has 130 valence electrons. The molecule has 0 bridgehead atoms. The number of rotatable bonds is 5. The van der Waals surface area contributed by atoms with Gasteiger partial charge >= 0.3 is 6.03 Å². The second kappa shape index (κ2) is 8.62. The van der Waals surface area contributed by atoms with Crippen LogP contribution in [0.1, 0.15) is 62.0 Å². The molecule has 0 aliphatic carbocycles. The van der Waals surface area contributed by atoms with Crippen LogP contribution in [0.4, 0.5) is 4.79 Å². The van der Waals surface area contributed by atoms with Gasteiger partial charge in [-0.1, -0.05) is 12.8 Å². The number of hydrogen-bond acceptors (Lipinski definition) is 3. The van der Waals surface area contributed by atoms with E-state index in [1.54, 1.807) is 0 Å². The number of aryl methyl sites for hydroxylation is 2. The van der Waals surface area contributed by atoms with Crippen LogP contribution in [0.5, 0.6) is 0 Å². The maximum absolute atomic E-state index is 12.8. The minimum atomic E-state index is 0.0745. The molecule has 2 atom stereocenters. The Bertz CT molecular complexity index is 497. The molecular weight excluding hydrogens is 308 g/mol. The highest BCUT2D eigenvalue weighted by Crippen LogP contribution is 2.33. The molecule has 2 N–H and O–H groups in total. The van der Waals surface area contributed by atoms with E-state index in [1.165, 1.54) is 18.4 Å². The van der Waals surface area contributed by atoms with E-state index in [0.29, 0.717) is 0 Å². The predicted octanol–water partition coefficient (Wildman–Crippen LogP) is 3.79. The summed E-state index contributed by atoms with van der Waals surface area (Å²) in [4.78, 5) is 14.9. The molecule has 0 aromatic carbocycles. The number of hydrogen-bond donors (Lipinski definition) is 2. The summed E-state index contributed by atoms with van der Waals surface area (Å²) in [5, 5.41) is 10.6. The lowest BCUT2D eigenvalue weighted by Crippen LogP contribution is -2.45. The Labute approximate surface area is 144 Å². The lowest BCUT2D eigenvalue weighted by Gasteiger charge is -2.32. The van der Waals surface area contributed by atoms with Crippen molar-refractivity contribution in [1.29, 1.82) is 0 Å². The van der Waals surface area contributed by atoms with Gasteiger partial charge in [0, 0.05) is 23.8 Å². The fraction of sp³-hybridized carbons (Fsp3) is 0.765. The predicted molar refractivity (Wildman–Crippen MR) is 97.0 cm³/mol. The number of H-pyrrole nitrogens is 1. The summed E-state index contributed by atoms with van der Waals surface area (Å²) in [6.07, 6.45) is 7.57. The van der Waals surface area contributed by atoms with E-state index < -0.39 is 0 Å². The third kappa shape index (κ3) is 4.66. The molecule has 0 saturated carbocycles. The summed E-state index contributed by atoms with van der Waals surface area (Å²) in [7, 11) is 0. The monoisotopic (exact) mass is 338 g/mol. The highest BCUT2D eigenvalue weighted by molar-refractivity contribution is 7.98. The minimum Gasteiger partial charge on any atom is -0.335 e. The van der Waals surface area contributed by atoms with Gasteiger partial charge < -0.3 is 10.2 Å². The average molecular weight is 339 g/mol. The number of urea groups is 1. The van der Waals surface area contributed by atoms with Crippen molar-refractivity contribution >= 4 is 17.8 Å². The molecule has 2 rings (SSSR count). The number of carbonyl (C=O) groups excluding carboxylic acids is 1. The summed E-state index contributed by atoms with van der Waals surface area (Å²) >= 11 is 1.82. The maximum atomic E-state index is 12.8. The van der Waals surface area contributed by atoms with Crippen LogP contribution in [0.25, 0.3) is 0 Å². The largest absolute Gasteiger partial charge is 0.335 e. The van der Waals surface area contributed by atoms with Crippen LogP contribution in [0.2, 0.25) is 0 Å². The fourth-order valence-corrected chi connectivity index (χ4v) is 3.95. The Balaban J connectivity index is 2.13. The number of thioether (sulfide) groups is 1. The van der Waals surface area contributed by atoms with Crippen LogP contribution < -0.4 is 5.32 Å². The Kier molecular flexibility index (Phi) is 6.81. The first-order chi connectivity index (χ1) is 11.0. The number of nitrogens with zero attached hydrogens (tertiary/aromatic N) is 2. The van der Waals surface area contributed by atoms with Gasteiger partial charge in [-0.2, -0.15) is 16.9 Å². The van der Waals surface area contributed by atoms with E-state index in [1.807, 2.05) is 23.6 Å². The SMILES string of the molecule is CSCC[C@@H](C)NC(=O)N1CCCCC[C@@H]1c1c(C)n[nH]c1C. The Hall–Kier alpha value is -1.17. The number of carbonyl (C=O) groups is 1. The number of aromatic nitrogens is 2. The topological polar surface area (TPSA) is 61.0 Å². The second-order valence-corrected chi connectivity index (χ2v) is 7.52. The molecule has 6 heteroatoms. The highest BCUT2D eigenvalue weighted by atomic mass is 32.2. The van der Waals surface area contributed by atoms with Crippen LogP contribution >= 0.6 is 11.8 Å². The van der Waals surface area contributed by atoms with Gasteiger partial charge in [-0.05, 0) is 52.0 Å². The van der Waals surface area contributed by atoms with Gasteiger partial charge in [0.05, 0.1) is 11.7 Å². The zero-order valence-corrected chi connectivity index (χ0v) is 15.6. The molecule has 0 radical (unpaired) electrons. The molecule has 1 aromatic heterocycles. The Morgan fingerprint density at radius 1 is 1.43 bits per heavy atom. The van der Waals surface area contributed by atoms with Gasteiger partial charge in [0.2, 0.25) is 0 Å². The van der Waals surface area contributed by atoms with Crippen LogP contribution in [-0.2, 0) is 0 Å². The summed E-state index contributed by atoms with van der Waals surface area (Å²) < 4.78 is 0. The van der Waals surface area contributed by atoms with Gasteiger partial charge in [0.1, 0.15) is 0 Å². The molecule has 0 unspecified atom stereocenters. The highest BCUT2D eigenvalue weighted by Gasteiger charge is 2.30. The van der Waals surface area contributed by atoms with Gasteiger partial charge in [-0.25, -0.2) is 4.79 Å². The minimum absolute atomic E-state index is 0.0745. The van der Waals surface area contributed by atoms with Crippen molar-refractivity contribution in [2.75, 3.05) is 18.6 Å². The quantitative estimate of drug-likeness (QED) is 0.858. The van der Waals surface area contributed by atoms with E-state index in [2.05, 4.69) is 35.6 Å². The van der Waals surface area contributed by atoms with E-state index in [-0.39, 0.29) is 18.1 Å². The van der Waals surface area contributed by atoms with Crippen molar-refractivity contribution in [3.63, 3.8) is 0 Å². The number of aromatic amines is 1. The molecule has 5 nitrogen and oxygen atoms in total. The molecule has 23 heavy (non-hydrogen) atoms. The van der Waals surface area contributed by atoms with Crippen LogP contribution in [-0.4, -0.2) is 45.7 Å². The van der Waals surface area contributed by atoms with Crippen molar-refractivity contribution in [2.24, 2.45) is 0 Å². The number of nitrogens with one attached hydrogen (secondary N) is 2. The Morgan fingerprint density at radius 2 is 2.22 bits per heavy atom. The van der Waals surface area contributed by atoms with Gasteiger partial charge in [0.25, 0.3) is 0 Å². The third-order valence-electron chi connectivity index (χ3n) is 4.66. The first-order valence-electron chi connectivity index (χ1n) is 8.62. The summed E-state index contributed by atoms with van der Waals surface area (Å²) in [6.45, 7) is 7.00. The van der Waals surface area contributed by atoms with E-state index in [9.17, 15) is 4.79 Å². The van der Waals surface area contributed by atoms with Crippen LogP contribution in [0, 0.1) is 13.8 Å². The number of likely N-dealkylation sites (tertiary alicyclic amines) is 1. The average Bonchev–Trinajstić information content (AvgIpc) is 2.73. The molecule has 1 fully saturated rings. The lowest BCUT2D eigenvalue weighted by molar-refractivity contribution is 0.172. The summed E-state index contributed by atoms with van der Waals surface area (Å²) in [6, 6.07) is 0.430. The van der Waals surface area contributed by atoms with E-state index in [0.717, 1.165) is 42.9 Å².